The molecule has 114 valence electrons. The Kier molecular flexibility index (Phi) is 6.84. The summed E-state index contributed by atoms with van der Waals surface area (Å²) in [5.74, 6) is -2.54. The van der Waals surface area contributed by atoms with Crippen LogP contribution in [0.3, 0.4) is 0 Å². The van der Waals surface area contributed by atoms with Gasteiger partial charge in [0.1, 0.15) is 0 Å². The van der Waals surface area contributed by atoms with E-state index in [-0.39, 0.29) is 18.1 Å². The second-order valence-electron chi connectivity index (χ2n) is 4.99. The minimum absolute atomic E-state index is 0.155. The molecule has 1 saturated heterocycles. The van der Waals surface area contributed by atoms with E-state index in [9.17, 15) is 14.4 Å². The fourth-order valence-corrected chi connectivity index (χ4v) is 3.06. The standard InChI is InChI=1S/C13H21NO5S/c1-9(13(18)19)20-8-10(7-11(15)16)12(17)14-5-3-2-4-6-14/h9-10H,2-8H2,1H3,(H,15,16)(H,18,19). The Morgan fingerprint density at radius 3 is 2.25 bits per heavy atom. The van der Waals surface area contributed by atoms with Gasteiger partial charge in [0.25, 0.3) is 0 Å². The van der Waals surface area contributed by atoms with Crippen molar-refractivity contribution in [2.75, 3.05) is 18.8 Å². The predicted octanol–water partition coefficient (Wildman–Crippen LogP) is 1.30. The van der Waals surface area contributed by atoms with Crippen LogP contribution < -0.4 is 0 Å². The van der Waals surface area contributed by atoms with Crippen molar-refractivity contribution in [2.24, 2.45) is 5.92 Å². The molecule has 2 atom stereocenters. The number of aliphatic carboxylic acids is 2. The number of rotatable bonds is 7. The molecule has 1 fully saturated rings. The monoisotopic (exact) mass is 303 g/mol. The number of carbonyl (C=O) groups excluding carboxylic acids is 1. The van der Waals surface area contributed by atoms with Gasteiger partial charge in [-0.05, 0) is 26.2 Å². The van der Waals surface area contributed by atoms with Gasteiger partial charge in [0.05, 0.1) is 17.6 Å². The van der Waals surface area contributed by atoms with E-state index in [4.69, 9.17) is 10.2 Å². The van der Waals surface area contributed by atoms with Crippen LogP contribution >= 0.6 is 11.8 Å². The molecule has 7 heteroatoms. The van der Waals surface area contributed by atoms with Crippen molar-refractivity contribution in [3.8, 4) is 0 Å². The van der Waals surface area contributed by atoms with Gasteiger partial charge in [-0.2, -0.15) is 0 Å². The van der Waals surface area contributed by atoms with Crippen molar-refractivity contribution >= 4 is 29.6 Å². The molecule has 0 radical (unpaired) electrons. The zero-order chi connectivity index (χ0) is 15.1. The highest BCUT2D eigenvalue weighted by Crippen LogP contribution is 2.21. The van der Waals surface area contributed by atoms with Crippen LogP contribution in [0.15, 0.2) is 0 Å². The zero-order valence-corrected chi connectivity index (χ0v) is 12.4. The second kappa shape index (κ2) is 8.14. The van der Waals surface area contributed by atoms with Crippen LogP contribution in [0.2, 0.25) is 0 Å². The smallest absolute Gasteiger partial charge is 0.316 e. The van der Waals surface area contributed by atoms with Crippen LogP contribution in [-0.4, -0.2) is 57.1 Å². The number of carboxylic acids is 2. The van der Waals surface area contributed by atoms with E-state index in [2.05, 4.69) is 0 Å². The fraction of sp³-hybridized carbons (Fsp3) is 0.769. The third-order valence-electron chi connectivity index (χ3n) is 3.33. The Balaban J connectivity index is 2.59. The number of amides is 1. The number of carboxylic acid groups (broad SMARTS) is 2. The second-order valence-corrected chi connectivity index (χ2v) is 6.37. The largest absolute Gasteiger partial charge is 0.481 e. The Morgan fingerprint density at radius 1 is 1.15 bits per heavy atom. The zero-order valence-electron chi connectivity index (χ0n) is 11.6. The minimum atomic E-state index is -1.02. The van der Waals surface area contributed by atoms with Crippen LogP contribution in [0.1, 0.15) is 32.6 Å². The molecular weight excluding hydrogens is 282 g/mol. The molecule has 0 bridgehead atoms. The Morgan fingerprint density at radius 2 is 1.75 bits per heavy atom. The summed E-state index contributed by atoms with van der Waals surface area (Å²) in [6, 6.07) is 0. The number of thioether (sulfide) groups is 1. The van der Waals surface area contributed by atoms with E-state index in [1.165, 1.54) is 6.92 Å². The first-order valence-corrected chi connectivity index (χ1v) is 7.81. The highest BCUT2D eigenvalue weighted by molar-refractivity contribution is 8.00. The molecule has 2 N–H and O–H groups in total. The number of likely N-dealkylation sites (tertiary alicyclic amines) is 1. The maximum Gasteiger partial charge on any atom is 0.316 e. The lowest BCUT2D eigenvalue weighted by Crippen LogP contribution is -2.41. The maximum atomic E-state index is 12.3. The molecule has 6 nitrogen and oxygen atoms in total. The first kappa shape index (κ1) is 16.8. The molecule has 0 saturated carbocycles. The average molecular weight is 303 g/mol. The van der Waals surface area contributed by atoms with Crippen LogP contribution in [0.25, 0.3) is 0 Å². The van der Waals surface area contributed by atoms with Gasteiger partial charge >= 0.3 is 11.9 Å². The summed E-state index contributed by atoms with van der Waals surface area (Å²) in [7, 11) is 0. The van der Waals surface area contributed by atoms with E-state index in [1.54, 1.807) is 4.90 Å². The topological polar surface area (TPSA) is 94.9 Å². The van der Waals surface area contributed by atoms with Gasteiger partial charge in [-0.3, -0.25) is 14.4 Å². The third-order valence-corrected chi connectivity index (χ3v) is 4.63. The molecule has 0 aromatic rings. The van der Waals surface area contributed by atoms with Gasteiger partial charge in [-0.25, -0.2) is 0 Å². The lowest BCUT2D eigenvalue weighted by molar-refractivity contribution is -0.144. The molecule has 1 rings (SSSR count). The minimum Gasteiger partial charge on any atom is -0.481 e. The molecular formula is C13H21NO5S. The molecule has 1 heterocycles. The Labute approximate surface area is 122 Å². The molecule has 1 aliphatic heterocycles. The summed E-state index contributed by atoms with van der Waals surface area (Å²) in [6.45, 7) is 2.89. The fourth-order valence-electron chi connectivity index (χ4n) is 2.13. The third kappa shape index (κ3) is 5.40. The van der Waals surface area contributed by atoms with E-state index >= 15 is 0 Å². The molecule has 1 amide bonds. The molecule has 0 aliphatic carbocycles. The molecule has 0 aromatic carbocycles. The van der Waals surface area contributed by atoms with Crippen LogP contribution in [0.4, 0.5) is 0 Å². The maximum absolute atomic E-state index is 12.3. The molecule has 20 heavy (non-hydrogen) atoms. The van der Waals surface area contributed by atoms with Gasteiger partial charge in [0.15, 0.2) is 0 Å². The van der Waals surface area contributed by atoms with Crippen molar-refractivity contribution in [1.29, 1.82) is 0 Å². The van der Waals surface area contributed by atoms with Gasteiger partial charge in [0.2, 0.25) is 5.91 Å². The van der Waals surface area contributed by atoms with Crippen LogP contribution in [0.5, 0.6) is 0 Å². The first-order chi connectivity index (χ1) is 9.41. The van der Waals surface area contributed by atoms with Gasteiger partial charge in [-0.15, -0.1) is 11.8 Å². The molecule has 1 aliphatic rings. The van der Waals surface area contributed by atoms with Crippen molar-refractivity contribution in [3.63, 3.8) is 0 Å². The quantitative estimate of drug-likeness (QED) is 0.736. The molecule has 0 aromatic heterocycles. The van der Waals surface area contributed by atoms with E-state index in [1.807, 2.05) is 0 Å². The highest BCUT2D eigenvalue weighted by atomic mass is 32.2. The van der Waals surface area contributed by atoms with E-state index in [0.29, 0.717) is 13.1 Å². The van der Waals surface area contributed by atoms with Gasteiger partial charge < -0.3 is 15.1 Å². The summed E-state index contributed by atoms with van der Waals surface area (Å²) in [5, 5.41) is 17.1. The summed E-state index contributed by atoms with van der Waals surface area (Å²) in [5.41, 5.74) is 0. The normalized spacial score (nSPS) is 18.4. The van der Waals surface area contributed by atoms with Gasteiger partial charge in [-0.1, -0.05) is 0 Å². The Bertz CT molecular complexity index is 368. The summed E-state index contributed by atoms with van der Waals surface area (Å²) < 4.78 is 0. The number of hydrogen-bond acceptors (Lipinski definition) is 4. The van der Waals surface area contributed by atoms with Crippen LogP contribution in [-0.2, 0) is 14.4 Å². The van der Waals surface area contributed by atoms with Crippen LogP contribution in [0, 0.1) is 5.92 Å². The molecule has 0 spiro atoms. The van der Waals surface area contributed by atoms with Crippen molar-refractivity contribution in [2.45, 2.75) is 37.9 Å². The number of carbonyl (C=O) groups is 3. The number of nitrogens with zero attached hydrogens (tertiary/aromatic N) is 1. The SMILES string of the molecule is CC(SCC(CC(=O)O)C(=O)N1CCCCC1)C(=O)O. The predicted molar refractivity (Wildman–Crippen MR) is 75.7 cm³/mol. The van der Waals surface area contributed by atoms with Crippen molar-refractivity contribution < 1.29 is 24.6 Å². The number of hydrogen-bond donors (Lipinski definition) is 2. The summed E-state index contributed by atoms with van der Waals surface area (Å²) in [6.07, 6.45) is 2.75. The van der Waals surface area contributed by atoms with Crippen molar-refractivity contribution in [3.05, 3.63) is 0 Å². The Hall–Kier alpha value is -1.24. The lowest BCUT2D eigenvalue weighted by atomic mass is 10.0. The van der Waals surface area contributed by atoms with Crippen molar-refractivity contribution in [1.82, 2.24) is 4.90 Å². The summed E-state index contributed by atoms with van der Waals surface area (Å²) >= 11 is 1.12. The number of piperidine rings is 1. The lowest BCUT2D eigenvalue weighted by Gasteiger charge is -2.30. The summed E-state index contributed by atoms with van der Waals surface area (Å²) in [4.78, 5) is 35.7. The first-order valence-electron chi connectivity index (χ1n) is 6.76. The highest BCUT2D eigenvalue weighted by Gasteiger charge is 2.28. The van der Waals surface area contributed by atoms with Gasteiger partial charge in [0, 0.05) is 18.8 Å². The van der Waals surface area contributed by atoms with E-state index < -0.39 is 23.1 Å². The molecule has 2 unspecified atom stereocenters. The average Bonchev–Trinajstić information content (AvgIpc) is 2.42. The van der Waals surface area contributed by atoms with E-state index in [0.717, 1.165) is 31.0 Å².